The molecular formula is C15H17NO4. The van der Waals surface area contributed by atoms with Crippen molar-refractivity contribution in [2.45, 2.75) is 6.92 Å². The van der Waals surface area contributed by atoms with Crippen molar-refractivity contribution in [2.24, 2.45) is 0 Å². The number of carbonyl (C=O) groups excluding carboxylic acids is 1. The van der Waals surface area contributed by atoms with Crippen LogP contribution in [-0.2, 0) is 4.74 Å². The van der Waals surface area contributed by atoms with Gasteiger partial charge in [-0.2, -0.15) is 0 Å². The summed E-state index contributed by atoms with van der Waals surface area (Å²) in [5.74, 6) is 0.420. The standard InChI is InChI=1S/C15H17NO4/c1-4-20-15(17)10-6-5-9-7-12(18-2)13(19-3)8-11(9)14(10)16/h5-8H,4,16H2,1-3H3/i/hD2. The van der Waals surface area contributed by atoms with E-state index >= 15 is 0 Å². The third-order valence-electron chi connectivity index (χ3n) is 2.99. The van der Waals surface area contributed by atoms with Crippen LogP contribution in [0.4, 0.5) is 5.69 Å². The summed E-state index contributed by atoms with van der Waals surface area (Å²) in [6, 6.07) is 6.63. The third kappa shape index (κ3) is 2.34. The Labute approximate surface area is 120 Å². The maximum absolute atomic E-state index is 12.0. The molecule has 106 valence electrons. The van der Waals surface area contributed by atoms with Gasteiger partial charge in [-0.1, -0.05) is 6.07 Å². The molecule has 2 N–H and O–H groups in total. The van der Waals surface area contributed by atoms with Gasteiger partial charge in [-0.25, -0.2) is 4.79 Å². The van der Waals surface area contributed by atoms with E-state index in [1.165, 1.54) is 20.3 Å². The van der Waals surface area contributed by atoms with Crippen LogP contribution in [0.3, 0.4) is 0 Å². The van der Waals surface area contributed by atoms with Gasteiger partial charge in [0.2, 0.25) is 0 Å². The van der Waals surface area contributed by atoms with Crippen molar-refractivity contribution in [2.75, 3.05) is 26.5 Å². The molecule has 0 saturated carbocycles. The molecule has 0 fully saturated rings. The van der Waals surface area contributed by atoms with E-state index in [4.69, 9.17) is 17.0 Å². The summed E-state index contributed by atoms with van der Waals surface area (Å²) in [5, 5.41) is 1.26. The molecule has 0 aliphatic rings. The van der Waals surface area contributed by atoms with Crippen LogP contribution >= 0.6 is 0 Å². The fourth-order valence-corrected chi connectivity index (χ4v) is 2.01. The number of methoxy groups -OCH3 is 2. The topological polar surface area (TPSA) is 70.8 Å². The van der Waals surface area contributed by atoms with E-state index in [1.54, 1.807) is 25.1 Å². The van der Waals surface area contributed by atoms with Crippen molar-refractivity contribution in [1.82, 2.24) is 0 Å². The van der Waals surface area contributed by atoms with E-state index in [2.05, 4.69) is 0 Å². The Morgan fingerprint density at radius 3 is 2.55 bits per heavy atom. The summed E-state index contributed by atoms with van der Waals surface area (Å²) < 4.78 is 30.7. The van der Waals surface area contributed by atoms with Crippen LogP contribution in [0.25, 0.3) is 10.8 Å². The lowest BCUT2D eigenvalue weighted by Gasteiger charge is -2.12. The molecular weight excluding hydrogens is 258 g/mol. The average molecular weight is 277 g/mol. The Balaban J connectivity index is 2.75. The molecule has 5 nitrogen and oxygen atoms in total. The van der Waals surface area contributed by atoms with Crippen molar-refractivity contribution in [3.8, 4) is 11.5 Å². The van der Waals surface area contributed by atoms with Gasteiger partial charge in [-0.05, 0) is 30.5 Å². The van der Waals surface area contributed by atoms with Crippen molar-refractivity contribution in [3.63, 3.8) is 0 Å². The van der Waals surface area contributed by atoms with Gasteiger partial charge in [0.1, 0.15) is 0 Å². The number of esters is 1. The predicted molar refractivity (Wildman–Crippen MR) is 77.4 cm³/mol. The monoisotopic (exact) mass is 277 g/mol. The van der Waals surface area contributed by atoms with Crippen LogP contribution in [0.15, 0.2) is 24.3 Å². The highest BCUT2D eigenvalue weighted by Gasteiger charge is 2.15. The molecule has 2 aromatic carbocycles. The van der Waals surface area contributed by atoms with Crippen LogP contribution in [0.2, 0.25) is 2.82 Å². The van der Waals surface area contributed by atoms with Gasteiger partial charge in [-0.15, -0.1) is 0 Å². The molecule has 2 aromatic rings. The molecule has 0 bridgehead atoms. The minimum atomic E-state index is -0.571. The highest BCUT2D eigenvalue weighted by molar-refractivity contribution is 6.06. The highest BCUT2D eigenvalue weighted by Crippen LogP contribution is 2.35. The number of nitrogens with two attached hydrogens (primary N) is 1. The Hall–Kier alpha value is -2.43. The number of rotatable bonds is 5. The minimum absolute atomic E-state index is 0.136. The Morgan fingerprint density at radius 2 is 1.95 bits per heavy atom. The number of ether oxygens (including phenoxy) is 3. The smallest absolute Gasteiger partial charge is 0.340 e. The molecule has 0 spiro atoms. The predicted octanol–water partition coefficient (Wildman–Crippen LogP) is 2.62. The summed E-state index contributed by atoms with van der Waals surface area (Å²) >= 11 is 0. The summed E-state index contributed by atoms with van der Waals surface area (Å²) in [6.07, 6.45) is 0. The molecule has 0 amide bonds. The van der Waals surface area contributed by atoms with E-state index in [-0.39, 0.29) is 17.9 Å². The van der Waals surface area contributed by atoms with E-state index in [0.29, 0.717) is 22.6 Å². The lowest BCUT2D eigenvalue weighted by atomic mass is 10.0. The Bertz CT molecular complexity index is 703. The van der Waals surface area contributed by atoms with E-state index in [9.17, 15) is 4.79 Å². The largest absolute Gasteiger partial charge is 0.493 e. The van der Waals surface area contributed by atoms with Gasteiger partial charge in [0, 0.05) is 5.39 Å². The maximum Gasteiger partial charge on any atom is 0.340 e. The van der Waals surface area contributed by atoms with E-state index < -0.39 is 5.97 Å². The second kappa shape index (κ2) is 5.69. The molecule has 5 heteroatoms. The first-order valence-corrected chi connectivity index (χ1v) is 6.17. The first-order chi connectivity index (χ1) is 10.5. The molecule has 0 unspecified atom stereocenters. The van der Waals surface area contributed by atoms with Gasteiger partial charge in [-0.3, -0.25) is 0 Å². The molecule has 20 heavy (non-hydrogen) atoms. The lowest BCUT2D eigenvalue weighted by molar-refractivity contribution is 0.0528. The molecule has 2 rings (SSSR count). The van der Waals surface area contributed by atoms with Gasteiger partial charge >= 0.3 is 5.97 Å². The molecule has 0 heterocycles. The zero-order chi connectivity index (χ0) is 16.3. The molecule has 0 atom stereocenters. The molecule has 0 saturated heterocycles. The number of nitrogen functional groups attached to an aromatic ring is 1. The fourth-order valence-electron chi connectivity index (χ4n) is 2.01. The number of benzene rings is 2. The summed E-state index contributed by atoms with van der Waals surface area (Å²) in [4.78, 5) is 12.0. The van der Waals surface area contributed by atoms with Crippen molar-refractivity contribution in [3.05, 3.63) is 29.8 Å². The van der Waals surface area contributed by atoms with Crippen molar-refractivity contribution < 1.29 is 21.8 Å². The number of anilines is 1. The zero-order valence-electron chi connectivity index (χ0n) is 13.6. The van der Waals surface area contributed by atoms with E-state index in [0.717, 1.165) is 5.39 Å². The number of hydrogen-bond acceptors (Lipinski definition) is 5. The van der Waals surface area contributed by atoms with Crippen LogP contribution in [0.5, 0.6) is 11.5 Å². The first-order valence-electron chi connectivity index (χ1n) is 7.06. The number of hydrogen-bond donors (Lipinski definition) is 1. The Morgan fingerprint density at radius 1 is 1.25 bits per heavy atom. The van der Waals surface area contributed by atoms with Gasteiger partial charge in [0.05, 0.1) is 32.1 Å². The number of fused-ring (bicyclic) bond motifs is 1. The maximum atomic E-state index is 12.0. The Kier molecular flexibility index (Phi) is 3.24. The summed E-state index contributed by atoms with van der Waals surface area (Å²) in [7, 11) is 3.02. The van der Waals surface area contributed by atoms with Gasteiger partial charge in [0.25, 0.3) is 0 Å². The zero-order valence-corrected chi connectivity index (χ0v) is 11.6. The highest BCUT2D eigenvalue weighted by atomic mass is 16.5. The minimum Gasteiger partial charge on any atom is -0.493 e. The summed E-state index contributed by atoms with van der Waals surface area (Å²) in [5.41, 5.74) is 0.698. The van der Waals surface area contributed by atoms with E-state index in [1.807, 2.05) is 0 Å². The summed E-state index contributed by atoms with van der Waals surface area (Å²) in [6.45, 7) is 1.92. The molecule has 0 aliphatic heterocycles. The molecule has 0 aliphatic carbocycles. The second-order valence-corrected chi connectivity index (χ2v) is 4.11. The SMILES string of the molecule is [2H]N([2H])c1c(C(=O)OCC)ccc2cc(OC)c(OC)cc12. The van der Waals surface area contributed by atoms with Gasteiger partial charge < -0.3 is 19.9 Å². The first kappa shape index (κ1) is 11.4. The molecule has 0 aromatic heterocycles. The second-order valence-electron chi connectivity index (χ2n) is 4.11. The lowest BCUT2D eigenvalue weighted by Crippen LogP contribution is -2.08. The average Bonchev–Trinajstić information content (AvgIpc) is 2.52. The molecule has 0 radical (unpaired) electrons. The number of carbonyl (C=O) groups is 1. The van der Waals surface area contributed by atoms with Crippen LogP contribution in [-0.4, -0.2) is 26.8 Å². The van der Waals surface area contributed by atoms with Crippen LogP contribution < -0.4 is 15.2 Å². The van der Waals surface area contributed by atoms with Gasteiger partial charge in [0.15, 0.2) is 14.3 Å². The van der Waals surface area contributed by atoms with Crippen molar-refractivity contribution in [1.29, 1.82) is 0 Å². The quantitative estimate of drug-likeness (QED) is 0.672. The normalized spacial score (nSPS) is 11.6. The third-order valence-corrected chi connectivity index (χ3v) is 2.99. The van der Waals surface area contributed by atoms with Crippen molar-refractivity contribution >= 4 is 22.4 Å². The van der Waals surface area contributed by atoms with Crippen LogP contribution in [0.1, 0.15) is 17.3 Å². The van der Waals surface area contributed by atoms with Crippen LogP contribution in [0, 0.1) is 0 Å². The fraction of sp³-hybridized carbons (Fsp3) is 0.267.